The van der Waals surface area contributed by atoms with Crippen LogP contribution in [-0.2, 0) is 12.7 Å². The van der Waals surface area contributed by atoms with E-state index < -0.39 is 17.6 Å². The quantitative estimate of drug-likeness (QED) is 0.338. The van der Waals surface area contributed by atoms with Gasteiger partial charge in [0.05, 0.1) is 23.1 Å². The van der Waals surface area contributed by atoms with E-state index in [2.05, 4.69) is 40.9 Å². The smallest absolute Gasteiger partial charge is 0.363 e. The Hall–Kier alpha value is -4.75. The van der Waals surface area contributed by atoms with Gasteiger partial charge in [-0.3, -0.25) is 4.79 Å². The number of hydrogen-bond acceptors (Lipinski definition) is 9. The minimum Gasteiger partial charge on any atom is -0.363 e. The average Bonchev–Trinajstić information content (AvgIpc) is 3.57. The van der Waals surface area contributed by atoms with E-state index in [0.717, 1.165) is 12.1 Å². The number of anilines is 2. The molecule has 172 valence electrons. The third kappa shape index (κ3) is 4.41. The van der Waals surface area contributed by atoms with Gasteiger partial charge in [0.25, 0.3) is 5.91 Å². The van der Waals surface area contributed by atoms with E-state index in [1.54, 1.807) is 6.07 Å². The lowest BCUT2D eigenvalue weighted by Crippen LogP contribution is -2.24. The van der Waals surface area contributed by atoms with Crippen LogP contribution in [0.5, 0.6) is 0 Å². The summed E-state index contributed by atoms with van der Waals surface area (Å²) in [5.41, 5.74) is 0.223. The van der Waals surface area contributed by atoms with Crippen LogP contribution in [0.2, 0.25) is 0 Å². The molecule has 4 heterocycles. The number of aromatic nitrogens is 6. The van der Waals surface area contributed by atoms with Crippen molar-refractivity contribution in [2.45, 2.75) is 12.7 Å². The second kappa shape index (κ2) is 8.31. The standard InChI is InChI=1S/C20H13F3N8O3/c21-20(22,23)10-1-2-12-13(5-10)28-18(27-12)15-6-11(30-34-15)8-24-19(32)14-7-17(26-9-25-14)29-16-3-4-33-31-16/h1-7,9H,8H2,(H,24,32)(H,27,28)(H,25,26,29,31). The molecule has 0 fully saturated rings. The van der Waals surface area contributed by atoms with Gasteiger partial charge in [0, 0.05) is 18.2 Å². The SMILES string of the molecule is O=C(NCc1cc(-c2nc3ccc(C(F)(F)F)cc3[nH]2)on1)c1cc(Nc2ccon2)ncn1. The van der Waals surface area contributed by atoms with Crippen LogP contribution in [0, 0.1) is 0 Å². The molecule has 3 N–H and O–H groups in total. The highest BCUT2D eigenvalue weighted by Gasteiger charge is 2.30. The van der Waals surface area contributed by atoms with Gasteiger partial charge in [0.15, 0.2) is 11.6 Å². The number of H-pyrrole nitrogens is 1. The molecule has 0 spiro atoms. The van der Waals surface area contributed by atoms with Crippen LogP contribution in [-0.4, -0.2) is 36.2 Å². The molecule has 5 aromatic rings. The maximum atomic E-state index is 12.9. The van der Waals surface area contributed by atoms with E-state index in [-0.39, 0.29) is 29.3 Å². The number of amides is 1. The number of carbonyl (C=O) groups is 1. The van der Waals surface area contributed by atoms with Crippen LogP contribution < -0.4 is 10.6 Å². The zero-order valence-electron chi connectivity index (χ0n) is 16.9. The van der Waals surface area contributed by atoms with Crippen molar-refractivity contribution in [2.24, 2.45) is 0 Å². The number of nitrogens with zero attached hydrogens (tertiary/aromatic N) is 5. The number of alkyl halides is 3. The molecular weight excluding hydrogens is 457 g/mol. The Morgan fingerprint density at radius 2 is 1.94 bits per heavy atom. The van der Waals surface area contributed by atoms with Crippen molar-refractivity contribution in [1.82, 2.24) is 35.6 Å². The fourth-order valence-corrected chi connectivity index (χ4v) is 3.03. The molecule has 0 aliphatic rings. The number of imidazole rings is 1. The van der Waals surface area contributed by atoms with E-state index in [9.17, 15) is 18.0 Å². The lowest BCUT2D eigenvalue weighted by molar-refractivity contribution is -0.137. The van der Waals surface area contributed by atoms with Gasteiger partial charge in [-0.05, 0) is 18.2 Å². The molecule has 0 saturated heterocycles. The molecule has 0 aliphatic carbocycles. The second-order valence-corrected chi connectivity index (χ2v) is 6.98. The number of aromatic amines is 1. The Balaban J connectivity index is 1.25. The van der Waals surface area contributed by atoms with Crippen molar-refractivity contribution >= 4 is 28.6 Å². The van der Waals surface area contributed by atoms with Gasteiger partial charge in [0.2, 0.25) is 5.76 Å². The molecule has 0 aliphatic heterocycles. The number of nitrogens with one attached hydrogen (secondary N) is 3. The Morgan fingerprint density at radius 1 is 1.06 bits per heavy atom. The summed E-state index contributed by atoms with van der Waals surface area (Å²) < 4.78 is 48.7. The van der Waals surface area contributed by atoms with Crippen molar-refractivity contribution in [3.05, 3.63) is 65.9 Å². The normalized spacial score (nSPS) is 11.6. The minimum atomic E-state index is -4.46. The summed E-state index contributed by atoms with van der Waals surface area (Å²) in [5, 5.41) is 13.1. The first kappa shape index (κ1) is 21.1. The topological polar surface area (TPSA) is 148 Å². The number of fused-ring (bicyclic) bond motifs is 1. The lowest BCUT2D eigenvalue weighted by Gasteiger charge is -2.05. The molecule has 0 bridgehead atoms. The lowest BCUT2D eigenvalue weighted by atomic mass is 10.2. The maximum absolute atomic E-state index is 12.9. The van der Waals surface area contributed by atoms with Gasteiger partial charge in [-0.25, -0.2) is 15.0 Å². The summed E-state index contributed by atoms with van der Waals surface area (Å²) in [6.07, 6.45) is -1.86. The van der Waals surface area contributed by atoms with Gasteiger partial charge in [-0.1, -0.05) is 10.3 Å². The van der Waals surface area contributed by atoms with E-state index in [1.807, 2.05) is 0 Å². The van der Waals surface area contributed by atoms with Gasteiger partial charge in [0.1, 0.15) is 29.8 Å². The van der Waals surface area contributed by atoms with Crippen molar-refractivity contribution in [1.29, 1.82) is 0 Å². The van der Waals surface area contributed by atoms with E-state index in [0.29, 0.717) is 22.8 Å². The highest BCUT2D eigenvalue weighted by atomic mass is 19.4. The van der Waals surface area contributed by atoms with Gasteiger partial charge in [-0.2, -0.15) is 13.2 Å². The largest absolute Gasteiger partial charge is 0.416 e. The van der Waals surface area contributed by atoms with E-state index in [4.69, 9.17) is 9.05 Å². The predicted molar refractivity (Wildman–Crippen MR) is 110 cm³/mol. The number of benzene rings is 1. The number of hydrogen-bond donors (Lipinski definition) is 3. The average molecular weight is 470 g/mol. The third-order valence-corrected chi connectivity index (χ3v) is 4.63. The summed E-state index contributed by atoms with van der Waals surface area (Å²) in [5.74, 6) is 0.684. The number of rotatable bonds is 6. The van der Waals surface area contributed by atoms with Crippen LogP contribution in [0.15, 0.2) is 58.0 Å². The summed E-state index contributed by atoms with van der Waals surface area (Å²) in [6.45, 7) is 0.0107. The van der Waals surface area contributed by atoms with E-state index >= 15 is 0 Å². The molecule has 0 unspecified atom stereocenters. The van der Waals surface area contributed by atoms with Crippen molar-refractivity contribution in [3.63, 3.8) is 0 Å². The molecule has 14 heteroatoms. The van der Waals surface area contributed by atoms with Crippen LogP contribution >= 0.6 is 0 Å². The monoisotopic (exact) mass is 470 g/mol. The predicted octanol–water partition coefficient (Wildman–Crippen LogP) is 3.69. The van der Waals surface area contributed by atoms with Crippen molar-refractivity contribution in [2.75, 3.05) is 5.32 Å². The summed E-state index contributed by atoms with van der Waals surface area (Å²) in [7, 11) is 0. The Bertz CT molecular complexity index is 1460. The first-order valence-corrected chi connectivity index (χ1v) is 9.66. The maximum Gasteiger partial charge on any atom is 0.416 e. The zero-order chi connectivity index (χ0) is 23.7. The molecule has 0 saturated carbocycles. The fraction of sp³-hybridized carbons (Fsp3) is 0.100. The highest BCUT2D eigenvalue weighted by Crippen LogP contribution is 2.31. The third-order valence-electron chi connectivity index (χ3n) is 4.63. The summed E-state index contributed by atoms with van der Waals surface area (Å²) >= 11 is 0. The number of carbonyl (C=O) groups excluding carboxylic acids is 1. The van der Waals surface area contributed by atoms with E-state index in [1.165, 1.54) is 30.8 Å². The molecular formula is C20H13F3N8O3. The molecule has 5 rings (SSSR count). The first-order valence-electron chi connectivity index (χ1n) is 9.66. The molecule has 0 atom stereocenters. The van der Waals surface area contributed by atoms with Gasteiger partial charge >= 0.3 is 6.18 Å². The minimum absolute atomic E-state index is 0.0107. The Kier molecular flexibility index (Phi) is 5.16. The van der Waals surface area contributed by atoms with Crippen LogP contribution in [0.4, 0.5) is 24.8 Å². The van der Waals surface area contributed by atoms with Crippen LogP contribution in [0.3, 0.4) is 0 Å². The van der Waals surface area contributed by atoms with Gasteiger partial charge in [-0.15, -0.1) is 0 Å². The highest BCUT2D eigenvalue weighted by molar-refractivity contribution is 5.92. The molecule has 11 nitrogen and oxygen atoms in total. The Morgan fingerprint density at radius 3 is 2.74 bits per heavy atom. The summed E-state index contributed by atoms with van der Waals surface area (Å²) in [6, 6.07) is 7.72. The molecule has 0 radical (unpaired) electrons. The van der Waals surface area contributed by atoms with Crippen molar-refractivity contribution < 1.29 is 27.0 Å². The van der Waals surface area contributed by atoms with Crippen LogP contribution in [0.25, 0.3) is 22.6 Å². The second-order valence-electron chi connectivity index (χ2n) is 6.98. The molecule has 34 heavy (non-hydrogen) atoms. The molecule has 1 aromatic carbocycles. The molecule has 1 amide bonds. The van der Waals surface area contributed by atoms with Crippen molar-refractivity contribution in [3.8, 4) is 11.6 Å². The fourth-order valence-electron chi connectivity index (χ4n) is 3.03. The van der Waals surface area contributed by atoms with Crippen LogP contribution in [0.1, 0.15) is 21.7 Å². The zero-order valence-corrected chi connectivity index (χ0v) is 16.9. The summed E-state index contributed by atoms with van der Waals surface area (Å²) in [4.78, 5) is 27.4. The first-order chi connectivity index (χ1) is 16.3. The molecule has 4 aromatic heterocycles. The Labute approximate surface area is 187 Å². The van der Waals surface area contributed by atoms with Gasteiger partial charge < -0.3 is 24.7 Å². The number of halogens is 3.